The Morgan fingerprint density at radius 3 is 2.84 bits per heavy atom. The van der Waals surface area contributed by atoms with E-state index in [0.29, 0.717) is 42.8 Å². The minimum Gasteiger partial charge on any atom is -0.497 e. The number of methoxy groups -OCH3 is 1. The van der Waals surface area contributed by atoms with Crippen LogP contribution in [0.1, 0.15) is 24.0 Å². The molecule has 1 saturated heterocycles. The van der Waals surface area contributed by atoms with Gasteiger partial charge in [0, 0.05) is 42.6 Å². The van der Waals surface area contributed by atoms with E-state index in [9.17, 15) is 9.59 Å². The first kappa shape index (κ1) is 19.3. The zero-order valence-electron chi connectivity index (χ0n) is 14.4. The highest BCUT2D eigenvalue weighted by atomic mass is 35.5. The molecule has 1 aliphatic rings. The molecule has 2 N–H and O–H groups in total. The van der Waals surface area contributed by atoms with E-state index >= 15 is 0 Å². The van der Waals surface area contributed by atoms with Crippen molar-refractivity contribution in [3.05, 3.63) is 39.7 Å². The second-order valence-corrected chi connectivity index (χ2v) is 6.24. The number of nitrogens with two attached hydrogens (primary N) is 1. The Labute approximate surface area is 152 Å². The quantitative estimate of drug-likeness (QED) is 0.837. The number of fused-ring (bicyclic) bond motifs is 1. The van der Waals surface area contributed by atoms with Gasteiger partial charge in [0.15, 0.2) is 0 Å². The highest BCUT2D eigenvalue weighted by Gasteiger charge is 2.24. The molecule has 3 rings (SSSR count). The van der Waals surface area contributed by atoms with Crippen molar-refractivity contribution in [1.82, 2.24) is 4.90 Å². The highest BCUT2D eigenvalue weighted by Crippen LogP contribution is 2.24. The number of halogens is 1. The average molecular weight is 367 g/mol. The van der Waals surface area contributed by atoms with Crippen molar-refractivity contribution in [2.75, 3.05) is 20.2 Å². The zero-order valence-corrected chi connectivity index (χ0v) is 15.2. The van der Waals surface area contributed by atoms with Crippen LogP contribution < -0.4 is 16.1 Å². The van der Waals surface area contributed by atoms with Crippen molar-refractivity contribution in [3.63, 3.8) is 0 Å². The van der Waals surface area contributed by atoms with Gasteiger partial charge in [0.05, 0.1) is 7.11 Å². The van der Waals surface area contributed by atoms with Crippen molar-refractivity contribution in [1.29, 1.82) is 0 Å². The van der Waals surface area contributed by atoms with E-state index in [4.69, 9.17) is 14.9 Å². The maximum Gasteiger partial charge on any atom is 0.339 e. The van der Waals surface area contributed by atoms with E-state index in [1.165, 1.54) is 0 Å². The van der Waals surface area contributed by atoms with Gasteiger partial charge in [-0.25, -0.2) is 4.79 Å². The standard InChI is InChI=1S/C18H22N2O4.ClH/c1-11-14-4-3-13(23-2)9-16(14)24-18(22)15(11)5-6-17(21)20-8-7-12(19)10-20;/h3-4,9,12H,5-8,10,19H2,1-2H3;1H/t12-;/m1./s1. The molecule has 1 aromatic heterocycles. The largest absolute Gasteiger partial charge is 0.497 e. The van der Waals surface area contributed by atoms with E-state index in [2.05, 4.69) is 0 Å². The normalized spacial score (nSPS) is 16.8. The first-order chi connectivity index (χ1) is 11.5. The van der Waals surface area contributed by atoms with Crippen LogP contribution in [0.25, 0.3) is 11.0 Å². The molecule has 1 atom stereocenters. The minimum atomic E-state index is -0.390. The lowest BCUT2D eigenvalue weighted by atomic mass is 10.0. The summed E-state index contributed by atoms with van der Waals surface area (Å²) < 4.78 is 10.6. The van der Waals surface area contributed by atoms with Crippen LogP contribution in [-0.2, 0) is 11.2 Å². The third-order valence-electron chi connectivity index (χ3n) is 4.66. The summed E-state index contributed by atoms with van der Waals surface area (Å²) in [6.07, 6.45) is 1.51. The fraction of sp³-hybridized carbons (Fsp3) is 0.444. The van der Waals surface area contributed by atoms with Gasteiger partial charge in [0.1, 0.15) is 11.3 Å². The maximum atomic E-state index is 12.3. The summed E-state index contributed by atoms with van der Waals surface area (Å²) in [5.41, 5.74) is 7.36. The van der Waals surface area contributed by atoms with Gasteiger partial charge in [0.2, 0.25) is 5.91 Å². The number of rotatable bonds is 4. The van der Waals surface area contributed by atoms with Gasteiger partial charge in [-0.05, 0) is 37.5 Å². The van der Waals surface area contributed by atoms with Crippen LogP contribution in [0.3, 0.4) is 0 Å². The van der Waals surface area contributed by atoms with E-state index in [1.807, 2.05) is 19.1 Å². The molecule has 0 spiro atoms. The van der Waals surface area contributed by atoms with Gasteiger partial charge in [-0.1, -0.05) is 0 Å². The third kappa shape index (κ3) is 3.96. The number of likely N-dealkylation sites (tertiary alicyclic amines) is 1. The number of benzene rings is 1. The SMILES string of the molecule is COc1ccc2c(C)c(CCC(=O)N3CC[C@@H](N)C3)c(=O)oc2c1.Cl. The zero-order chi connectivity index (χ0) is 17.3. The maximum absolute atomic E-state index is 12.3. The molecule has 0 radical (unpaired) electrons. The molecule has 1 aromatic carbocycles. The number of carbonyl (C=O) groups is 1. The van der Waals surface area contributed by atoms with Crippen LogP contribution in [0.4, 0.5) is 0 Å². The number of ether oxygens (including phenoxy) is 1. The minimum absolute atomic E-state index is 0. The summed E-state index contributed by atoms with van der Waals surface area (Å²) in [5.74, 6) is 0.676. The van der Waals surface area contributed by atoms with Crippen LogP contribution in [-0.4, -0.2) is 37.0 Å². The Morgan fingerprint density at radius 2 is 2.20 bits per heavy atom. The number of hydrogen-bond donors (Lipinski definition) is 1. The van der Waals surface area contributed by atoms with Crippen molar-refractivity contribution in [2.24, 2.45) is 5.73 Å². The number of carbonyl (C=O) groups excluding carboxylic acids is 1. The Kier molecular flexibility index (Phi) is 6.08. The van der Waals surface area contributed by atoms with Gasteiger partial charge in [-0.2, -0.15) is 0 Å². The molecule has 1 fully saturated rings. The second kappa shape index (κ2) is 7.89. The Balaban J connectivity index is 0.00000225. The predicted octanol–water partition coefficient (Wildman–Crippen LogP) is 2.02. The monoisotopic (exact) mass is 366 g/mol. The van der Waals surface area contributed by atoms with Gasteiger partial charge in [0.25, 0.3) is 0 Å². The molecule has 25 heavy (non-hydrogen) atoms. The number of aryl methyl sites for hydroxylation is 1. The molecule has 1 aliphatic heterocycles. The van der Waals surface area contributed by atoms with Gasteiger partial charge >= 0.3 is 5.63 Å². The van der Waals surface area contributed by atoms with Crippen molar-refractivity contribution < 1.29 is 13.9 Å². The number of nitrogens with zero attached hydrogens (tertiary/aromatic N) is 1. The molecule has 0 aliphatic carbocycles. The molecule has 6 nitrogen and oxygen atoms in total. The lowest BCUT2D eigenvalue weighted by Gasteiger charge is -2.16. The molecule has 0 unspecified atom stereocenters. The predicted molar refractivity (Wildman–Crippen MR) is 98.5 cm³/mol. The highest BCUT2D eigenvalue weighted by molar-refractivity contribution is 5.85. The molecule has 1 amide bonds. The Hall–Kier alpha value is -2.05. The fourth-order valence-corrected chi connectivity index (χ4v) is 3.19. The molecule has 136 valence electrons. The summed E-state index contributed by atoms with van der Waals surface area (Å²) in [5, 5.41) is 0.862. The summed E-state index contributed by atoms with van der Waals surface area (Å²) >= 11 is 0. The number of hydrogen-bond acceptors (Lipinski definition) is 5. The molecule has 2 heterocycles. The summed E-state index contributed by atoms with van der Waals surface area (Å²) in [7, 11) is 1.57. The second-order valence-electron chi connectivity index (χ2n) is 6.24. The van der Waals surface area contributed by atoms with Crippen LogP contribution in [0.5, 0.6) is 5.75 Å². The Bertz CT molecular complexity index is 834. The molecule has 0 bridgehead atoms. The lowest BCUT2D eigenvalue weighted by Crippen LogP contribution is -2.32. The first-order valence-corrected chi connectivity index (χ1v) is 8.13. The Morgan fingerprint density at radius 1 is 1.44 bits per heavy atom. The van der Waals surface area contributed by atoms with Gasteiger partial charge in [-0.15, -0.1) is 12.4 Å². The molecule has 0 saturated carbocycles. The molecular weight excluding hydrogens is 344 g/mol. The van der Waals surface area contributed by atoms with E-state index in [1.54, 1.807) is 18.1 Å². The van der Waals surface area contributed by atoms with Gasteiger partial charge in [-0.3, -0.25) is 4.79 Å². The molecular formula is C18H23ClN2O4. The lowest BCUT2D eigenvalue weighted by molar-refractivity contribution is -0.130. The molecule has 2 aromatic rings. The van der Waals surface area contributed by atoms with Gasteiger partial charge < -0.3 is 19.8 Å². The first-order valence-electron chi connectivity index (χ1n) is 8.13. The van der Waals surface area contributed by atoms with Crippen molar-refractivity contribution >= 4 is 29.3 Å². The van der Waals surface area contributed by atoms with Crippen LogP contribution >= 0.6 is 12.4 Å². The van der Waals surface area contributed by atoms with Crippen molar-refractivity contribution in [2.45, 2.75) is 32.2 Å². The third-order valence-corrected chi connectivity index (χ3v) is 4.66. The van der Waals surface area contributed by atoms with E-state index < -0.39 is 0 Å². The fourth-order valence-electron chi connectivity index (χ4n) is 3.19. The average Bonchev–Trinajstić information content (AvgIpc) is 3.00. The molecule has 7 heteroatoms. The summed E-state index contributed by atoms with van der Waals surface area (Å²) in [4.78, 5) is 26.3. The van der Waals surface area contributed by atoms with Crippen LogP contribution in [0.15, 0.2) is 27.4 Å². The summed E-state index contributed by atoms with van der Waals surface area (Å²) in [6.45, 7) is 3.19. The van der Waals surface area contributed by atoms with Crippen molar-refractivity contribution in [3.8, 4) is 5.75 Å². The van der Waals surface area contributed by atoms with E-state index in [0.717, 1.165) is 17.4 Å². The van der Waals surface area contributed by atoms with E-state index in [-0.39, 0.29) is 30.0 Å². The van der Waals surface area contributed by atoms with Crippen LogP contribution in [0.2, 0.25) is 0 Å². The van der Waals surface area contributed by atoms with Crippen LogP contribution in [0, 0.1) is 6.92 Å². The summed E-state index contributed by atoms with van der Waals surface area (Å²) in [6, 6.07) is 5.47. The smallest absolute Gasteiger partial charge is 0.339 e. The topological polar surface area (TPSA) is 85.8 Å². The number of amides is 1.